The fraction of sp³-hybridized carbons (Fsp3) is 0.533. The number of aliphatic hydroxyl groups is 1. The van der Waals surface area contributed by atoms with Crippen LogP contribution in [0.15, 0.2) is 42.5 Å². The van der Waals surface area contributed by atoms with E-state index in [1.807, 2.05) is 24.3 Å². The van der Waals surface area contributed by atoms with Gasteiger partial charge in [-0.15, -0.1) is 0 Å². The summed E-state index contributed by atoms with van der Waals surface area (Å²) in [5.41, 5.74) is 1.34. The van der Waals surface area contributed by atoms with Crippen molar-refractivity contribution in [2.24, 2.45) is 5.92 Å². The van der Waals surface area contributed by atoms with Crippen molar-refractivity contribution in [3.05, 3.63) is 58.9 Å². The number of nitrogens with one attached hydrogen (secondary N) is 1. The monoisotopic (exact) mass is 562 g/mol. The number of amides is 1. The van der Waals surface area contributed by atoms with Gasteiger partial charge in [0.15, 0.2) is 0 Å². The van der Waals surface area contributed by atoms with Gasteiger partial charge in [0.25, 0.3) is 0 Å². The van der Waals surface area contributed by atoms with E-state index in [9.17, 15) is 19.1 Å². The minimum atomic E-state index is -0.672. The Labute approximate surface area is 235 Å². The lowest BCUT2D eigenvalue weighted by atomic mass is 9.91. The van der Waals surface area contributed by atoms with Gasteiger partial charge in [0.05, 0.1) is 19.1 Å². The average molecular weight is 563 g/mol. The van der Waals surface area contributed by atoms with Gasteiger partial charge >= 0.3 is 12.1 Å². The Morgan fingerprint density at radius 1 is 1.21 bits per heavy atom. The van der Waals surface area contributed by atoms with E-state index in [1.54, 1.807) is 33.8 Å². The van der Waals surface area contributed by atoms with Crippen molar-refractivity contribution in [2.75, 3.05) is 26.3 Å². The molecule has 3 atom stereocenters. The molecular weight excluding hydrogens is 523 g/mol. The van der Waals surface area contributed by atoms with Crippen LogP contribution in [-0.2, 0) is 20.7 Å². The molecule has 1 aliphatic heterocycles. The van der Waals surface area contributed by atoms with Crippen molar-refractivity contribution in [1.82, 2.24) is 10.2 Å². The molecule has 39 heavy (non-hydrogen) atoms. The van der Waals surface area contributed by atoms with E-state index in [2.05, 4.69) is 10.2 Å². The molecule has 2 aromatic carbocycles. The van der Waals surface area contributed by atoms with Gasteiger partial charge in [-0.05, 0) is 89.2 Å². The molecule has 214 valence electrons. The second kappa shape index (κ2) is 14.1. The molecule has 1 saturated heterocycles. The van der Waals surface area contributed by atoms with Crippen LogP contribution in [0, 0.1) is 11.7 Å². The highest BCUT2D eigenvalue weighted by molar-refractivity contribution is 6.30. The molecule has 2 aromatic rings. The van der Waals surface area contributed by atoms with Gasteiger partial charge in [-0.25, -0.2) is 9.18 Å². The van der Waals surface area contributed by atoms with E-state index in [1.165, 1.54) is 12.1 Å². The number of nitrogens with zero attached hydrogens (tertiary/aromatic N) is 1. The van der Waals surface area contributed by atoms with Crippen molar-refractivity contribution in [1.29, 1.82) is 0 Å². The van der Waals surface area contributed by atoms with Gasteiger partial charge in [-0.3, -0.25) is 9.69 Å². The Morgan fingerprint density at radius 3 is 2.51 bits per heavy atom. The molecule has 9 heteroatoms. The number of hydrogen-bond donors (Lipinski definition) is 2. The van der Waals surface area contributed by atoms with Crippen LogP contribution < -0.4 is 5.32 Å². The van der Waals surface area contributed by atoms with Crippen LogP contribution in [0.3, 0.4) is 0 Å². The Hall–Kier alpha value is -2.68. The quantitative estimate of drug-likeness (QED) is 0.327. The number of halogens is 2. The zero-order valence-corrected chi connectivity index (χ0v) is 24.0. The third kappa shape index (κ3) is 9.48. The van der Waals surface area contributed by atoms with E-state index < -0.39 is 23.7 Å². The molecule has 7 nitrogen and oxygen atoms in total. The van der Waals surface area contributed by atoms with E-state index in [0.29, 0.717) is 42.0 Å². The van der Waals surface area contributed by atoms with E-state index >= 15 is 0 Å². The van der Waals surface area contributed by atoms with Crippen LogP contribution in [0.25, 0.3) is 11.1 Å². The predicted octanol–water partition coefficient (Wildman–Crippen LogP) is 5.61. The first-order valence-corrected chi connectivity index (χ1v) is 13.9. The lowest BCUT2D eigenvalue weighted by Gasteiger charge is -2.40. The lowest BCUT2D eigenvalue weighted by Crippen LogP contribution is -2.50. The molecule has 1 heterocycles. The molecule has 0 aromatic heterocycles. The van der Waals surface area contributed by atoms with Crippen molar-refractivity contribution in [2.45, 2.75) is 71.1 Å². The summed E-state index contributed by atoms with van der Waals surface area (Å²) in [6, 6.07) is 11.5. The first kappa shape index (κ1) is 30.9. The first-order valence-electron chi connectivity index (χ1n) is 13.5. The van der Waals surface area contributed by atoms with E-state index in [-0.39, 0.29) is 31.0 Å². The highest BCUT2D eigenvalue weighted by Gasteiger charge is 2.31. The fourth-order valence-electron chi connectivity index (χ4n) is 4.74. The van der Waals surface area contributed by atoms with E-state index in [0.717, 1.165) is 18.5 Å². The molecule has 1 aliphatic rings. The maximum Gasteiger partial charge on any atom is 0.407 e. The molecule has 3 rings (SSSR count). The summed E-state index contributed by atoms with van der Waals surface area (Å²) in [4.78, 5) is 27.8. The highest BCUT2D eigenvalue weighted by Crippen LogP contribution is 2.27. The molecule has 0 radical (unpaired) electrons. The summed E-state index contributed by atoms with van der Waals surface area (Å²) in [5, 5.41) is 12.9. The van der Waals surface area contributed by atoms with Crippen LogP contribution in [0.5, 0.6) is 0 Å². The zero-order valence-electron chi connectivity index (χ0n) is 23.2. The van der Waals surface area contributed by atoms with E-state index in [4.69, 9.17) is 21.1 Å². The van der Waals surface area contributed by atoms with Crippen LogP contribution in [0.4, 0.5) is 9.18 Å². The molecule has 1 amide bonds. The second-order valence-electron chi connectivity index (χ2n) is 11.0. The maximum absolute atomic E-state index is 14.4. The Kier molecular flexibility index (Phi) is 11.2. The summed E-state index contributed by atoms with van der Waals surface area (Å²) in [5.74, 6) is -1.11. The minimum Gasteiger partial charge on any atom is -0.466 e. The number of esters is 1. The Balaban J connectivity index is 1.77. The predicted molar refractivity (Wildman–Crippen MR) is 150 cm³/mol. The third-order valence-electron chi connectivity index (χ3n) is 6.83. The molecule has 1 fully saturated rings. The van der Waals surface area contributed by atoms with Gasteiger partial charge in [-0.2, -0.15) is 0 Å². The molecule has 0 bridgehead atoms. The number of alkyl carbamates (subject to hydrolysis) is 1. The number of likely N-dealkylation sites (tertiary alicyclic amines) is 1. The van der Waals surface area contributed by atoms with Crippen LogP contribution in [0.2, 0.25) is 5.02 Å². The van der Waals surface area contributed by atoms with Crippen molar-refractivity contribution < 1.29 is 28.6 Å². The first-order chi connectivity index (χ1) is 18.5. The van der Waals surface area contributed by atoms with Crippen LogP contribution in [-0.4, -0.2) is 66.1 Å². The molecular formula is C30H40ClFN2O5. The fourth-order valence-corrected chi connectivity index (χ4v) is 4.92. The number of carbonyl (C=O) groups is 2. The number of rotatable bonds is 12. The van der Waals surface area contributed by atoms with Gasteiger partial charge in [0.1, 0.15) is 11.4 Å². The second-order valence-corrected chi connectivity index (χ2v) is 11.4. The molecule has 2 N–H and O–H groups in total. The van der Waals surface area contributed by atoms with Crippen LogP contribution >= 0.6 is 11.6 Å². The lowest BCUT2D eigenvalue weighted by molar-refractivity contribution is -0.149. The summed E-state index contributed by atoms with van der Waals surface area (Å²) in [6.45, 7) is 9.07. The third-order valence-corrected chi connectivity index (χ3v) is 7.06. The topological polar surface area (TPSA) is 88.1 Å². The molecule has 0 unspecified atom stereocenters. The SMILES string of the molecule is CCOC(=O)[C@H](CCN1CC[C@@H]1CO)C[C@@H](Cc1ccc(-c2cc(Cl)ccc2F)cc1)NC(=O)OC(C)(C)C. The summed E-state index contributed by atoms with van der Waals surface area (Å²) in [7, 11) is 0. The summed E-state index contributed by atoms with van der Waals surface area (Å²) >= 11 is 6.06. The van der Waals surface area contributed by atoms with Gasteiger partial charge in [0, 0.05) is 29.2 Å². The highest BCUT2D eigenvalue weighted by atomic mass is 35.5. The minimum absolute atomic E-state index is 0.0992. The number of benzene rings is 2. The van der Waals surface area contributed by atoms with Crippen molar-refractivity contribution in [3.8, 4) is 11.1 Å². The van der Waals surface area contributed by atoms with Gasteiger partial charge in [0.2, 0.25) is 0 Å². The Bertz CT molecular complexity index is 1100. The molecule has 0 aliphatic carbocycles. The molecule has 0 saturated carbocycles. The maximum atomic E-state index is 14.4. The average Bonchev–Trinajstić information content (AvgIpc) is 2.84. The normalized spacial score (nSPS) is 17.2. The number of carbonyl (C=O) groups excluding carboxylic acids is 2. The number of aliphatic hydroxyl groups excluding tert-OH is 1. The number of ether oxygens (including phenoxy) is 2. The Morgan fingerprint density at radius 2 is 1.92 bits per heavy atom. The molecule has 0 spiro atoms. The van der Waals surface area contributed by atoms with Gasteiger partial charge in [-0.1, -0.05) is 35.9 Å². The van der Waals surface area contributed by atoms with Gasteiger partial charge < -0.3 is 19.9 Å². The summed E-state index contributed by atoms with van der Waals surface area (Å²) in [6.07, 6.45) is 1.74. The van der Waals surface area contributed by atoms with Crippen molar-refractivity contribution >= 4 is 23.7 Å². The zero-order chi connectivity index (χ0) is 28.6. The van der Waals surface area contributed by atoms with Crippen LogP contribution in [0.1, 0.15) is 52.5 Å². The summed E-state index contributed by atoms with van der Waals surface area (Å²) < 4.78 is 25.2. The smallest absolute Gasteiger partial charge is 0.407 e. The van der Waals surface area contributed by atoms with Crippen molar-refractivity contribution in [3.63, 3.8) is 0 Å². The standard InChI is InChI=1S/C30H40ClFN2O5/c1-5-38-28(36)22(12-14-34-15-13-25(34)19-35)17-24(33-29(37)39-30(2,3)4)16-20-6-8-21(9-7-20)26-18-23(31)10-11-27(26)32/h6-11,18,22,24-25,35H,5,12-17,19H2,1-4H3,(H,33,37)/t22-,24-,25-/m1/s1. The number of hydrogen-bond acceptors (Lipinski definition) is 6. The largest absolute Gasteiger partial charge is 0.466 e.